The van der Waals surface area contributed by atoms with Crippen LogP contribution in [0.3, 0.4) is 0 Å². The number of nitrogens with one attached hydrogen (secondary N) is 2. The van der Waals surface area contributed by atoms with Crippen LogP contribution in [-0.4, -0.2) is 56.7 Å². The number of nitrogens with zero attached hydrogens (tertiary/aromatic N) is 2. The first-order valence-corrected chi connectivity index (χ1v) is 8.81. The summed E-state index contributed by atoms with van der Waals surface area (Å²) in [5.41, 5.74) is 1.28. The minimum absolute atomic E-state index is 0.553. The number of ether oxygens (including phenoxy) is 1. The molecule has 24 heavy (non-hydrogen) atoms. The molecule has 2 N–H and O–H groups in total. The zero-order chi connectivity index (χ0) is 17.9. The maximum atomic E-state index is 5.18. The molecule has 136 valence electrons. The highest BCUT2D eigenvalue weighted by Gasteiger charge is 2.12. The molecule has 0 spiro atoms. The van der Waals surface area contributed by atoms with Gasteiger partial charge in [0.25, 0.3) is 0 Å². The lowest BCUT2D eigenvalue weighted by Crippen LogP contribution is -2.45. The van der Waals surface area contributed by atoms with Crippen LogP contribution < -0.4 is 15.4 Å². The van der Waals surface area contributed by atoms with E-state index in [9.17, 15) is 0 Å². The van der Waals surface area contributed by atoms with E-state index in [0.29, 0.717) is 12.1 Å². The van der Waals surface area contributed by atoms with E-state index < -0.39 is 0 Å². The lowest BCUT2D eigenvalue weighted by atomic mass is 10.1. The summed E-state index contributed by atoms with van der Waals surface area (Å²) < 4.78 is 5.18. The lowest BCUT2D eigenvalue weighted by molar-refractivity contribution is 0.178. The number of hydrogen-bond acceptors (Lipinski definition) is 3. The van der Waals surface area contributed by atoms with Gasteiger partial charge in [-0.3, -0.25) is 9.89 Å². The zero-order valence-electron chi connectivity index (χ0n) is 16.1. The Morgan fingerprint density at radius 3 is 2.12 bits per heavy atom. The minimum Gasteiger partial charge on any atom is -0.497 e. The molecule has 5 nitrogen and oxygen atoms in total. The minimum atomic E-state index is 0.553. The quantitative estimate of drug-likeness (QED) is 0.538. The smallest absolute Gasteiger partial charge is 0.191 e. The Bertz CT molecular complexity index is 475. The van der Waals surface area contributed by atoms with Crippen LogP contribution in [0, 0.1) is 0 Å². The molecule has 0 fully saturated rings. The molecule has 0 atom stereocenters. The highest BCUT2D eigenvalue weighted by atomic mass is 16.5. The van der Waals surface area contributed by atoms with Crippen molar-refractivity contribution in [1.82, 2.24) is 15.5 Å². The summed E-state index contributed by atoms with van der Waals surface area (Å²) >= 11 is 0. The predicted octanol–water partition coefficient (Wildman–Crippen LogP) is 2.52. The van der Waals surface area contributed by atoms with E-state index >= 15 is 0 Å². The number of rotatable bonds is 9. The fourth-order valence-electron chi connectivity index (χ4n) is 2.75. The summed E-state index contributed by atoms with van der Waals surface area (Å²) in [6.45, 7) is 11.7. The standard InChI is InChI=1S/C19H34N4O/c1-15(2)23(16(3)4)14-13-22-19(20-5)21-12-11-17-7-9-18(24-6)10-8-17/h7-10,15-16H,11-14H2,1-6H3,(H2,20,21,22). The molecule has 0 saturated carbocycles. The largest absolute Gasteiger partial charge is 0.497 e. The number of aliphatic imine (C=N–C) groups is 1. The van der Waals surface area contributed by atoms with Crippen molar-refractivity contribution in [3.63, 3.8) is 0 Å². The average molecular weight is 335 g/mol. The third-order valence-electron chi connectivity index (χ3n) is 4.08. The highest BCUT2D eigenvalue weighted by molar-refractivity contribution is 5.79. The van der Waals surface area contributed by atoms with Gasteiger partial charge in [-0.15, -0.1) is 0 Å². The van der Waals surface area contributed by atoms with Crippen molar-refractivity contribution in [2.24, 2.45) is 4.99 Å². The van der Waals surface area contributed by atoms with Crippen molar-refractivity contribution in [2.45, 2.75) is 46.2 Å². The fraction of sp³-hybridized carbons (Fsp3) is 0.632. The first-order valence-electron chi connectivity index (χ1n) is 8.81. The van der Waals surface area contributed by atoms with Gasteiger partial charge in [-0.25, -0.2) is 0 Å². The molecule has 0 amide bonds. The predicted molar refractivity (Wildman–Crippen MR) is 103 cm³/mol. The van der Waals surface area contributed by atoms with E-state index in [4.69, 9.17) is 4.74 Å². The summed E-state index contributed by atoms with van der Waals surface area (Å²) in [5, 5.41) is 6.76. The molecule has 0 aromatic heterocycles. The van der Waals surface area contributed by atoms with Crippen molar-refractivity contribution in [3.05, 3.63) is 29.8 Å². The molecule has 0 unspecified atom stereocenters. The van der Waals surface area contributed by atoms with Gasteiger partial charge in [-0.05, 0) is 51.8 Å². The first kappa shape index (κ1) is 20.3. The van der Waals surface area contributed by atoms with E-state index in [1.165, 1.54) is 5.56 Å². The number of methoxy groups -OCH3 is 1. The molecule has 1 aromatic carbocycles. The normalized spacial score (nSPS) is 12.1. The Labute approximate surface area is 147 Å². The van der Waals surface area contributed by atoms with Gasteiger partial charge in [0, 0.05) is 38.8 Å². The van der Waals surface area contributed by atoms with Gasteiger partial charge in [0.1, 0.15) is 5.75 Å². The fourth-order valence-corrected chi connectivity index (χ4v) is 2.75. The molecule has 0 aliphatic carbocycles. The third kappa shape index (κ3) is 7.21. The van der Waals surface area contributed by atoms with E-state index in [0.717, 1.165) is 37.8 Å². The maximum absolute atomic E-state index is 5.18. The van der Waals surface area contributed by atoms with Crippen LogP contribution in [0.5, 0.6) is 5.75 Å². The number of benzene rings is 1. The molecule has 0 aliphatic rings. The van der Waals surface area contributed by atoms with Crippen LogP contribution in [0.1, 0.15) is 33.3 Å². The SMILES string of the molecule is CN=C(NCCc1ccc(OC)cc1)NCCN(C(C)C)C(C)C. The summed E-state index contributed by atoms with van der Waals surface area (Å²) in [7, 11) is 3.50. The van der Waals surface area contributed by atoms with Gasteiger partial charge < -0.3 is 15.4 Å². The Morgan fingerprint density at radius 1 is 1.04 bits per heavy atom. The first-order chi connectivity index (χ1) is 11.5. The van der Waals surface area contributed by atoms with Crippen LogP contribution in [0.15, 0.2) is 29.3 Å². The molecular weight excluding hydrogens is 300 g/mol. The number of guanidine groups is 1. The molecule has 0 bridgehead atoms. The van der Waals surface area contributed by atoms with Crippen LogP contribution in [0.2, 0.25) is 0 Å². The second-order valence-electron chi connectivity index (χ2n) is 6.45. The molecule has 5 heteroatoms. The van der Waals surface area contributed by atoms with E-state index in [-0.39, 0.29) is 0 Å². The Balaban J connectivity index is 2.32. The van der Waals surface area contributed by atoms with Gasteiger partial charge in [0.05, 0.1) is 7.11 Å². The van der Waals surface area contributed by atoms with Crippen molar-refractivity contribution in [2.75, 3.05) is 33.8 Å². The van der Waals surface area contributed by atoms with Gasteiger partial charge >= 0.3 is 0 Å². The second-order valence-corrected chi connectivity index (χ2v) is 6.45. The van der Waals surface area contributed by atoms with E-state index in [2.05, 4.69) is 60.4 Å². The monoisotopic (exact) mass is 334 g/mol. The molecule has 0 aliphatic heterocycles. The molecule has 0 heterocycles. The summed E-state index contributed by atoms with van der Waals surface area (Å²) in [6, 6.07) is 9.29. The number of hydrogen-bond donors (Lipinski definition) is 2. The Hall–Kier alpha value is -1.75. The van der Waals surface area contributed by atoms with Crippen LogP contribution in [0.25, 0.3) is 0 Å². The van der Waals surface area contributed by atoms with E-state index in [1.54, 1.807) is 7.11 Å². The molecular formula is C19H34N4O. The van der Waals surface area contributed by atoms with Crippen LogP contribution >= 0.6 is 0 Å². The Kier molecular flexibility index (Phi) is 9.23. The summed E-state index contributed by atoms with van der Waals surface area (Å²) in [4.78, 5) is 6.76. The Morgan fingerprint density at radius 2 is 1.62 bits per heavy atom. The van der Waals surface area contributed by atoms with Crippen molar-refractivity contribution in [1.29, 1.82) is 0 Å². The second kappa shape index (κ2) is 10.9. The zero-order valence-corrected chi connectivity index (χ0v) is 16.1. The maximum Gasteiger partial charge on any atom is 0.191 e. The molecule has 0 saturated heterocycles. The van der Waals surface area contributed by atoms with Crippen molar-refractivity contribution < 1.29 is 4.74 Å². The van der Waals surface area contributed by atoms with Gasteiger partial charge in [0.15, 0.2) is 5.96 Å². The summed E-state index contributed by atoms with van der Waals surface area (Å²) in [5.74, 6) is 1.75. The topological polar surface area (TPSA) is 48.9 Å². The van der Waals surface area contributed by atoms with Gasteiger partial charge in [-0.1, -0.05) is 12.1 Å². The summed E-state index contributed by atoms with van der Waals surface area (Å²) in [6.07, 6.45) is 0.953. The molecule has 0 radical (unpaired) electrons. The highest BCUT2D eigenvalue weighted by Crippen LogP contribution is 2.11. The lowest BCUT2D eigenvalue weighted by Gasteiger charge is -2.30. The molecule has 1 aromatic rings. The van der Waals surface area contributed by atoms with Crippen molar-refractivity contribution in [3.8, 4) is 5.75 Å². The third-order valence-corrected chi connectivity index (χ3v) is 4.08. The van der Waals surface area contributed by atoms with Crippen molar-refractivity contribution >= 4 is 5.96 Å². The molecule has 1 rings (SSSR count). The average Bonchev–Trinajstić information content (AvgIpc) is 2.56. The van der Waals surface area contributed by atoms with E-state index in [1.807, 2.05) is 19.2 Å². The van der Waals surface area contributed by atoms with Gasteiger partial charge in [0.2, 0.25) is 0 Å². The van der Waals surface area contributed by atoms with Crippen LogP contribution in [0.4, 0.5) is 0 Å². The van der Waals surface area contributed by atoms with Crippen LogP contribution in [-0.2, 0) is 6.42 Å². The van der Waals surface area contributed by atoms with Gasteiger partial charge in [-0.2, -0.15) is 0 Å².